The molecule has 0 atom stereocenters. The molecule has 0 aromatic carbocycles. The Morgan fingerprint density at radius 1 is 1.11 bits per heavy atom. The van der Waals surface area contributed by atoms with Crippen LogP contribution >= 0.6 is 0 Å². The van der Waals surface area contributed by atoms with Crippen molar-refractivity contribution in [1.29, 1.82) is 0 Å². The van der Waals surface area contributed by atoms with E-state index >= 15 is 0 Å². The molecule has 4 rings (SSSR count). The number of nitrogens with one attached hydrogen (secondary N) is 3. The molecule has 0 aliphatic heterocycles. The molecule has 28 heavy (non-hydrogen) atoms. The molecule has 4 aromatic rings. The van der Waals surface area contributed by atoms with Crippen molar-refractivity contribution in [2.75, 3.05) is 17.7 Å². The van der Waals surface area contributed by atoms with Gasteiger partial charge in [0.1, 0.15) is 11.5 Å². The van der Waals surface area contributed by atoms with Crippen LogP contribution in [0.2, 0.25) is 0 Å². The van der Waals surface area contributed by atoms with Crippen LogP contribution in [0.15, 0.2) is 67.9 Å². The SMILES string of the molecule is C=CC(=O)Nc1cncc(-c2cnc3[nH]cc(-c4ccnc(NC)c4)c3c2)c1. The Hall–Kier alpha value is -4.00. The molecule has 0 spiro atoms. The van der Waals surface area contributed by atoms with E-state index in [1.54, 1.807) is 24.8 Å². The van der Waals surface area contributed by atoms with Crippen molar-refractivity contribution in [3.63, 3.8) is 0 Å². The Labute approximate surface area is 161 Å². The van der Waals surface area contributed by atoms with Crippen LogP contribution in [0.5, 0.6) is 0 Å². The number of carbonyl (C=O) groups excluding carboxylic acids is 1. The van der Waals surface area contributed by atoms with E-state index in [0.717, 1.165) is 39.1 Å². The average Bonchev–Trinajstić information content (AvgIpc) is 3.17. The first kappa shape index (κ1) is 17.4. The van der Waals surface area contributed by atoms with Crippen LogP contribution in [-0.4, -0.2) is 32.9 Å². The van der Waals surface area contributed by atoms with E-state index in [-0.39, 0.29) is 5.91 Å². The van der Waals surface area contributed by atoms with Crippen LogP contribution in [0.4, 0.5) is 11.5 Å². The van der Waals surface area contributed by atoms with Crippen LogP contribution in [-0.2, 0) is 4.79 Å². The lowest BCUT2D eigenvalue weighted by molar-refractivity contribution is -0.111. The van der Waals surface area contributed by atoms with Gasteiger partial charge in [-0.1, -0.05) is 6.58 Å². The Balaban J connectivity index is 1.77. The molecule has 0 saturated carbocycles. The summed E-state index contributed by atoms with van der Waals surface area (Å²) in [5.41, 5.74) is 5.23. The number of carbonyl (C=O) groups is 1. The third-order valence-corrected chi connectivity index (χ3v) is 4.38. The number of rotatable bonds is 5. The largest absolute Gasteiger partial charge is 0.373 e. The van der Waals surface area contributed by atoms with Crippen LogP contribution < -0.4 is 10.6 Å². The van der Waals surface area contributed by atoms with E-state index in [1.807, 2.05) is 31.4 Å². The fraction of sp³-hybridized carbons (Fsp3) is 0.0476. The van der Waals surface area contributed by atoms with Gasteiger partial charge in [-0.15, -0.1) is 0 Å². The Kier molecular flexibility index (Phi) is 4.55. The second kappa shape index (κ2) is 7.32. The van der Waals surface area contributed by atoms with Crippen molar-refractivity contribution in [3.8, 4) is 22.3 Å². The lowest BCUT2D eigenvalue weighted by atomic mass is 10.0. The van der Waals surface area contributed by atoms with Gasteiger partial charge < -0.3 is 15.6 Å². The fourth-order valence-electron chi connectivity index (χ4n) is 2.99. The molecular formula is C21H18N6O. The number of H-pyrrole nitrogens is 1. The smallest absolute Gasteiger partial charge is 0.247 e. The lowest BCUT2D eigenvalue weighted by Gasteiger charge is -2.07. The van der Waals surface area contributed by atoms with Crippen molar-refractivity contribution in [1.82, 2.24) is 19.9 Å². The van der Waals surface area contributed by atoms with Crippen LogP contribution in [0.3, 0.4) is 0 Å². The second-order valence-corrected chi connectivity index (χ2v) is 6.16. The Morgan fingerprint density at radius 2 is 1.96 bits per heavy atom. The van der Waals surface area contributed by atoms with Crippen molar-refractivity contribution in [3.05, 3.63) is 67.9 Å². The zero-order valence-corrected chi connectivity index (χ0v) is 15.2. The lowest BCUT2D eigenvalue weighted by Crippen LogP contribution is -2.07. The number of anilines is 2. The van der Waals surface area contributed by atoms with E-state index in [2.05, 4.69) is 43.2 Å². The van der Waals surface area contributed by atoms with Gasteiger partial charge in [-0.05, 0) is 35.9 Å². The van der Waals surface area contributed by atoms with E-state index < -0.39 is 0 Å². The Morgan fingerprint density at radius 3 is 2.79 bits per heavy atom. The van der Waals surface area contributed by atoms with Gasteiger partial charge in [-0.3, -0.25) is 9.78 Å². The summed E-state index contributed by atoms with van der Waals surface area (Å²) in [6, 6.07) is 7.87. The summed E-state index contributed by atoms with van der Waals surface area (Å²) in [7, 11) is 1.84. The monoisotopic (exact) mass is 370 g/mol. The van der Waals surface area contributed by atoms with Crippen LogP contribution in [0, 0.1) is 0 Å². The van der Waals surface area contributed by atoms with Gasteiger partial charge in [0.2, 0.25) is 5.91 Å². The first-order valence-electron chi connectivity index (χ1n) is 8.68. The molecule has 1 amide bonds. The molecular weight excluding hydrogens is 352 g/mol. The van der Waals surface area contributed by atoms with E-state index in [4.69, 9.17) is 0 Å². The highest BCUT2D eigenvalue weighted by atomic mass is 16.1. The van der Waals surface area contributed by atoms with Gasteiger partial charge in [0, 0.05) is 53.9 Å². The number of aromatic amines is 1. The third kappa shape index (κ3) is 3.33. The fourth-order valence-corrected chi connectivity index (χ4v) is 2.99. The van der Waals surface area contributed by atoms with Gasteiger partial charge in [0.05, 0.1) is 11.9 Å². The first-order chi connectivity index (χ1) is 13.7. The van der Waals surface area contributed by atoms with E-state index in [1.165, 1.54) is 6.08 Å². The third-order valence-electron chi connectivity index (χ3n) is 4.38. The normalized spacial score (nSPS) is 10.6. The molecule has 0 aliphatic rings. The molecule has 0 bridgehead atoms. The maximum atomic E-state index is 11.5. The summed E-state index contributed by atoms with van der Waals surface area (Å²) in [4.78, 5) is 27.8. The van der Waals surface area contributed by atoms with Crippen LogP contribution in [0.25, 0.3) is 33.3 Å². The number of nitrogens with zero attached hydrogens (tertiary/aromatic N) is 3. The summed E-state index contributed by atoms with van der Waals surface area (Å²) >= 11 is 0. The first-order valence-corrected chi connectivity index (χ1v) is 8.68. The number of amides is 1. The number of aromatic nitrogens is 4. The predicted molar refractivity (Wildman–Crippen MR) is 111 cm³/mol. The number of hydrogen-bond acceptors (Lipinski definition) is 5. The highest BCUT2D eigenvalue weighted by Crippen LogP contribution is 2.32. The van der Waals surface area contributed by atoms with Gasteiger partial charge in [-0.25, -0.2) is 9.97 Å². The van der Waals surface area contributed by atoms with Gasteiger partial charge in [-0.2, -0.15) is 0 Å². The Bertz CT molecular complexity index is 1180. The predicted octanol–water partition coefficient (Wildman–Crippen LogP) is 3.85. The summed E-state index contributed by atoms with van der Waals surface area (Å²) in [6.07, 6.45) is 10.0. The van der Waals surface area contributed by atoms with Crippen LogP contribution in [0.1, 0.15) is 0 Å². The molecule has 0 fully saturated rings. The minimum atomic E-state index is -0.279. The molecule has 7 heteroatoms. The molecule has 7 nitrogen and oxygen atoms in total. The quantitative estimate of drug-likeness (QED) is 0.464. The summed E-state index contributed by atoms with van der Waals surface area (Å²) in [5, 5.41) is 6.77. The molecule has 0 radical (unpaired) electrons. The maximum absolute atomic E-state index is 11.5. The summed E-state index contributed by atoms with van der Waals surface area (Å²) < 4.78 is 0. The zero-order chi connectivity index (χ0) is 19.5. The topological polar surface area (TPSA) is 95.6 Å². The van der Waals surface area contributed by atoms with Crippen molar-refractivity contribution in [2.24, 2.45) is 0 Å². The van der Waals surface area contributed by atoms with Crippen molar-refractivity contribution in [2.45, 2.75) is 0 Å². The minimum Gasteiger partial charge on any atom is -0.373 e. The number of fused-ring (bicyclic) bond motifs is 1. The van der Waals surface area contributed by atoms with Gasteiger partial charge >= 0.3 is 0 Å². The molecule has 138 valence electrons. The maximum Gasteiger partial charge on any atom is 0.247 e. The van der Waals surface area contributed by atoms with Gasteiger partial charge in [0.25, 0.3) is 0 Å². The van der Waals surface area contributed by atoms with Crippen molar-refractivity contribution >= 4 is 28.4 Å². The zero-order valence-electron chi connectivity index (χ0n) is 15.2. The molecule has 4 heterocycles. The number of hydrogen-bond donors (Lipinski definition) is 3. The standard InChI is InChI=1S/C21H18N6O/c1-3-20(28)27-16-6-14(9-23-11-16)15-7-17-18(12-26-21(17)25-10-15)13-4-5-24-19(8-13)22-2/h3-12H,1H2,2H3,(H,22,24)(H,25,26)(H,27,28). The minimum absolute atomic E-state index is 0.279. The highest BCUT2D eigenvalue weighted by molar-refractivity contribution is 5.99. The molecule has 4 aromatic heterocycles. The summed E-state index contributed by atoms with van der Waals surface area (Å²) in [6.45, 7) is 3.46. The average molecular weight is 370 g/mol. The number of pyridine rings is 3. The van der Waals surface area contributed by atoms with Crippen molar-refractivity contribution < 1.29 is 4.79 Å². The molecule has 0 saturated heterocycles. The summed E-state index contributed by atoms with van der Waals surface area (Å²) in [5.74, 6) is 0.518. The van der Waals surface area contributed by atoms with E-state index in [0.29, 0.717) is 5.69 Å². The van der Waals surface area contributed by atoms with Gasteiger partial charge in [0.15, 0.2) is 0 Å². The molecule has 0 unspecified atom stereocenters. The second-order valence-electron chi connectivity index (χ2n) is 6.16. The molecule has 3 N–H and O–H groups in total. The van der Waals surface area contributed by atoms with E-state index in [9.17, 15) is 4.79 Å². The molecule has 0 aliphatic carbocycles. The highest BCUT2D eigenvalue weighted by Gasteiger charge is 2.10.